The minimum absolute atomic E-state index is 0.0828. The molecule has 246 valence electrons. The van der Waals surface area contributed by atoms with E-state index < -0.39 is 40.5 Å². The maximum Gasteiger partial charge on any atom is 0.362 e. The Hall–Kier alpha value is -1.89. The Kier molecular flexibility index (Phi) is 24.4. The summed E-state index contributed by atoms with van der Waals surface area (Å²) in [6, 6.07) is -3.63. The summed E-state index contributed by atoms with van der Waals surface area (Å²) < 4.78 is -0.643. The third kappa shape index (κ3) is 15.5. The van der Waals surface area contributed by atoms with Crippen LogP contribution in [-0.4, -0.2) is 50.7 Å². The molecule has 0 heterocycles. The minimum atomic E-state index is -1.41. The molecule has 0 fully saturated rings. The van der Waals surface area contributed by atoms with E-state index in [-0.39, 0.29) is 19.3 Å². The summed E-state index contributed by atoms with van der Waals surface area (Å²) in [6.07, 6.45) is 29.2. The van der Waals surface area contributed by atoms with Gasteiger partial charge in [-0.25, -0.2) is 9.59 Å². The number of unbranched alkanes of at least 4 members (excludes halogenated alkanes) is 19. The molecule has 7 nitrogen and oxygen atoms in total. The van der Waals surface area contributed by atoms with Crippen molar-refractivity contribution in [2.24, 2.45) is 0 Å². The molecular formula is C35H65NO6. The number of nitrogens with zero attached hydrogens (tertiary/aromatic N) is 1. The molecule has 0 spiro atoms. The van der Waals surface area contributed by atoms with Crippen molar-refractivity contribution in [3.05, 3.63) is 12.3 Å². The number of hydrogen-bond donors (Lipinski definition) is 2. The zero-order valence-corrected chi connectivity index (χ0v) is 27.6. The molecule has 0 aliphatic heterocycles. The number of carboxylic acid groups (broad SMARTS) is 3. The Balaban J connectivity index is 4.43. The summed E-state index contributed by atoms with van der Waals surface area (Å²) in [5, 5.41) is 32.1. The predicted molar refractivity (Wildman–Crippen MR) is 170 cm³/mol. The van der Waals surface area contributed by atoms with Crippen LogP contribution in [0.4, 0.5) is 0 Å². The van der Waals surface area contributed by atoms with Gasteiger partial charge in [0, 0.05) is 19.3 Å². The molecule has 2 N–H and O–H groups in total. The van der Waals surface area contributed by atoms with E-state index in [2.05, 4.69) is 6.92 Å². The van der Waals surface area contributed by atoms with Gasteiger partial charge >= 0.3 is 11.9 Å². The molecule has 0 bridgehead atoms. The lowest BCUT2D eigenvalue weighted by Gasteiger charge is -2.48. The van der Waals surface area contributed by atoms with E-state index in [0.717, 1.165) is 19.3 Å². The Morgan fingerprint density at radius 2 is 0.857 bits per heavy atom. The minimum Gasteiger partial charge on any atom is -0.544 e. The molecule has 0 saturated carbocycles. The summed E-state index contributed by atoms with van der Waals surface area (Å²) in [5.41, 5.74) is 0. The average molecular weight is 596 g/mol. The van der Waals surface area contributed by atoms with Gasteiger partial charge in [-0.05, 0) is 18.9 Å². The van der Waals surface area contributed by atoms with Crippen molar-refractivity contribution in [1.82, 2.24) is 0 Å². The number of allylic oxidation sites excluding steroid dienone is 1. The number of rotatable bonds is 30. The highest BCUT2D eigenvalue weighted by Crippen LogP contribution is 2.32. The summed E-state index contributed by atoms with van der Waals surface area (Å²) in [5.74, 6) is -3.79. The lowest BCUT2D eigenvalue weighted by Crippen LogP contribution is -2.70. The van der Waals surface area contributed by atoms with Crippen LogP contribution >= 0.6 is 0 Å². The molecule has 7 heteroatoms. The predicted octanol–water partition coefficient (Wildman–Crippen LogP) is 8.39. The van der Waals surface area contributed by atoms with Crippen LogP contribution in [-0.2, 0) is 14.4 Å². The SMILES string of the molecule is CCCCCCCCCCCCCCCCCCCCC/C=C/[N+](C(CC)C(=O)[O-])(C(CC)C(=O)O)C(CC)C(=O)O. The molecule has 0 saturated heterocycles. The fourth-order valence-electron chi connectivity index (χ4n) is 6.59. The van der Waals surface area contributed by atoms with Crippen LogP contribution in [0.1, 0.15) is 175 Å². The van der Waals surface area contributed by atoms with Crippen molar-refractivity contribution in [2.75, 3.05) is 0 Å². The van der Waals surface area contributed by atoms with Crippen molar-refractivity contribution in [1.29, 1.82) is 0 Å². The second-order valence-corrected chi connectivity index (χ2v) is 12.2. The standard InChI is InChI=1S/C35H65NO6/c1-5-9-10-11-12-13-14-15-16-17-18-19-20-21-22-23-24-25-26-27-28-29-36(30(6-2)33(37)38,31(7-3)34(39)40)32(8-4)35(41)42/h28-32H,5-27H2,1-4H3,(H2-,37,38,39,40,41,42)/b29-28+. The first-order valence-corrected chi connectivity index (χ1v) is 17.5. The fraction of sp³-hybridized carbons (Fsp3) is 0.857. The second-order valence-electron chi connectivity index (χ2n) is 12.2. The quantitative estimate of drug-likeness (QED) is 0.0636. The van der Waals surface area contributed by atoms with Crippen molar-refractivity contribution < 1.29 is 34.2 Å². The van der Waals surface area contributed by atoms with Crippen molar-refractivity contribution in [2.45, 2.75) is 193 Å². The largest absolute Gasteiger partial charge is 0.544 e. The van der Waals surface area contributed by atoms with Gasteiger partial charge in [0.05, 0.1) is 12.2 Å². The van der Waals surface area contributed by atoms with Gasteiger partial charge in [0.15, 0.2) is 12.1 Å². The number of hydrogen-bond acceptors (Lipinski definition) is 4. The Bertz CT molecular complexity index is 682. The summed E-state index contributed by atoms with van der Waals surface area (Å²) in [7, 11) is 0. The Morgan fingerprint density at radius 3 is 1.12 bits per heavy atom. The first-order chi connectivity index (χ1) is 20.2. The van der Waals surface area contributed by atoms with E-state index in [9.17, 15) is 29.7 Å². The fourth-order valence-corrected chi connectivity index (χ4v) is 6.59. The van der Waals surface area contributed by atoms with E-state index in [1.807, 2.05) is 0 Å². The number of carbonyl (C=O) groups excluding carboxylic acids is 1. The monoisotopic (exact) mass is 595 g/mol. The van der Waals surface area contributed by atoms with Gasteiger partial charge in [-0.3, -0.25) is 4.48 Å². The maximum absolute atomic E-state index is 12.2. The Labute approximate surface area is 257 Å². The van der Waals surface area contributed by atoms with E-state index >= 15 is 0 Å². The van der Waals surface area contributed by atoms with Crippen molar-refractivity contribution in [3.8, 4) is 0 Å². The topological polar surface area (TPSA) is 115 Å². The normalized spacial score (nSPS) is 15.3. The van der Waals surface area contributed by atoms with Gasteiger partial charge in [0.1, 0.15) is 6.04 Å². The molecule has 0 radical (unpaired) electrons. The van der Waals surface area contributed by atoms with Crippen LogP contribution in [0.5, 0.6) is 0 Å². The van der Waals surface area contributed by atoms with Crippen LogP contribution in [0.25, 0.3) is 0 Å². The van der Waals surface area contributed by atoms with Crippen molar-refractivity contribution >= 4 is 17.9 Å². The van der Waals surface area contributed by atoms with Gasteiger partial charge in [0.2, 0.25) is 0 Å². The highest BCUT2D eigenvalue weighted by Gasteiger charge is 2.53. The molecular weight excluding hydrogens is 530 g/mol. The first kappa shape index (κ1) is 40.1. The number of quaternary nitrogens is 1. The molecule has 3 unspecified atom stereocenters. The molecule has 3 atom stereocenters. The van der Waals surface area contributed by atoms with E-state index in [1.54, 1.807) is 33.0 Å². The lowest BCUT2D eigenvalue weighted by atomic mass is 9.95. The lowest BCUT2D eigenvalue weighted by molar-refractivity contribution is -0.929. The van der Waals surface area contributed by atoms with Crippen LogP contribution in [0.15, 0.2) is 12.3 Å². The first-order valence-electron chi connectivity index (χ1n) is 17.5. The van der Waals surface area contributed by atoms with Gasteiger partial charge in [0.25, 0.3) is 0 Å². The zero-order valence-electron chi connectivity index (χ0n) is 27.6. The molecule has 0 aliphatic carbocycles. The van der Waals surface area contributed by atoms with Crippen LogP contribution in [0, 0.1) is 0 Å². The molecule has 0 rings (SSSR count). The molecule has 42 heavy (non-hydrogen) atoms. The average Bonchev–Trinajstić information content (AvgIpc) is 2.94. The van der Waals surface area contributed by atoms with Crippen molar-refractivity contribution in [3.63, 3.8) is 0 Å². The number of carboxylic acids is 3. The molecule has 0 aromatic carbocycles. The van der Waals surface area contributed by atoms with Gasteiger partial charge in [-0.1, -0.05) is 143 Å². The summed E-state index contributed by atoms with van der Waals surface area (Å²) >= 11 is 0. The second kappa shape index (κ2) is 25.6. The smallest absolute Gasteiger partial charge is 0.362 e. The summed E-state index contributed by atoms with van der Waals surface area (Å²) in [6.45, 7) is 7.23. The maximum atomic E-state index is 12.2. The van der Waals surface area contributed by atoms with Crippen LogP contribution < -0.4 is 5.11 Å². The number of aliphatic carboxylic acids is 3. The highest BCUT2D eigenvalue weighted by atomic mass is 16.4. The Morgan fingerprint density at radius 1 is 0.548 bits per heavy atom. The highest BCUT2D eigenvalue weighted by molar-refractivity contribution is 5.77. The molecule has 0 aliphatic rings. The van der Waals surface area contributed by atoms with Crippen LogP contribution in [0.2, 0.25) is 0 Å². The number of carbonyl (C=O) groups is 3. The van der Waals surface area contributed by atoms with E-state index in [0.29, 0.717) is 6.42 Å². The third-order valence-corrected chi connectivity index (χ3v) is 8.96. The molecule has 0 aromatic heterocycles. The van der Waals surface area contributed by atoms with E-state index in [4.69, 9.17) is 0 Å². The van der Waals surface area contributed by atoms with Gasteiger partial charge < -0.3 is 20.1 Å². The van der Waals surface area contributed by atoms with Gasteiger partial charge in [-0.2, -0.15) is 0 Å². The summed E-state index contributed by atoms with van der Waals surface area (Å²) in [4.78, 5) is 36.6. The van der Waals surface area contributed by atoms with E-state index in [1.165, 1.54) is 103 Å². The van der Waals surface area contributed by atoms with Crippen LogP contribution in [0.3, 0.4) is 0 Å². The molecule has 0 aromatic rings. The molecule has 0 amide bonds. The van der Waals surface area contributed by atoms with Gasteiger partial charge in [-0.15, -0.1) is 0 Å². The zero-order chi connectivity index (χ0) is 31.6. The third-order valence-electron chi connectivity index (χ3n) is 8.96.